The Morgan fingerprint density at radius 3 is 2.59 bits per heavy atom. The van der Waals surface area contributed by atoms with E-state index in [1.54, 1.807) is 17.9 Å². The van der Waals surface area contributed by atoms with Gasteiger partial charge in [-0.25, -0.2) is 8.42 Å². The van der Waals surface area contributed by atoms with Crippen LogP contribution in [0.15, 0.2) is 53.6 Å². The van der Waals surface area contributed by atoms with Crippen LogP contribution in [0.2, 0.25) is 0 Å². The summed E-state index contributed by atoms with van der Waals surface area (Å²) >= 11 is 0. The van der Waals surface area contributed by atoms with Crippen LogP contribution in [0.1, 0.15) is 59.2 Å². The number of hydrogen-bond acceptors (Lipinski definition) is 6. The first-order valence-corrected chi connectivity index (χ1v) is 12.8. The van der Waals surface area contributed by atoms with Gasteiger partial charge in [0.05, 0.1) is 41.7 Å². The fourth-order valence-corrected chi connectivity index (χ4v) is 4.74. The van der Waals surface area contributed by atoms with Crippen LogP contribution in [-0.2, 0) is 34.3 Å². The van der Waals surface area contributed by atoms with E-state index < -0.39 is 9.84 Å². The van der Waals surface area contributed by atoms with Crippen molar-refractivity contribution in [3.63, 3.8) is 0 Å². The molecule has 1 aliphatic rings. The average Bonchev–Trinajstić information content (AvgIpc) is 3.44. The van der Waals surface area contributed by atoms with Gasteiger partial charge in [-0.15, -0.1) is 0 Å². The summed E-state index contributed by atoms with van der Waals surface area (Å²) in [5.74, 6) is -0.255. The summed E-state index contributed by atoms with van der Waals surface area (Å²) in [5.41, 5.74) is 3.38. The second kappa shape index (κ2) is 9.76. The van der Waals surface area contributed by atoms with Crippen LogP contribution < -0.4 is 5.32 Å². The zero-order valence-electron chi connectivity index (χ0n) is 19.1. The molecule has 0 spiro atoms. The summed E-state index contributed by atoms with van der Waals surface area (Å²) in [6.45, 7) is 4.46. The van der Waals surface area contributed by atoms with E-state index in [0.717, 1.165) is 16.8 Å². The van der Waals surface area contributed by atoms with Gasteiger partial charge in [-0.3, -0.25) is 19.7 Å². The Morgan fingerprint density at radius 1 is 1.15 bits per heavy atom. The highest BCUT2D eigenvalue weighted by Gasteiger charge is 2.31. The van der Waals surface area contributed by atoms with Gasteiger partial charge in [-0.05, 0) is 23.6 Å². The number of aromatic nitrogens is 3. The zero-order chi connectivity index (χ0) is 24.3. The van der Waals surface area contributed by atoms with Crippen LogP contribution in [0.4, 0.5) is 0 Å². The topological polar surface area (TPSA) is 125 Å². The molecule has 9 nitrogen and oxygen atoms in total. The van der Waals surface area contributed by atoms with Crippen LogP contribution in [0.3, 0.4) is 0 Å². The number of carbonyl (C=O) groups is 2. The summed E-state index contributed by atoms with van der Waals surface area (Å²) in [6, 6.07) is 13.0. The molecule has 1 atom stereocenters. The van der Waals surface area contributed by atoms with E-state index in [2.05, 4.69) is 20.5 Å². The van der Waals surface area contributed by atoms with Gasteiger partial charge in [0, 0.05) is 18.2 Å². The third-order valence-electron chi connectivity index (χ3n) is 6.03. The number of H-pyrrole nitrogens is 1. The molecule has 178 valence electrons. The van der Waals surface area contributed by atoms with Gasteiger partial charge in [0.1, 0.15) is 0 Å². The zero-order valence-corrected chi connectivity index (χ0v) is 19.9. The summed E-state index contributed by atoms with van der Waals surface area (Å²) < 4.78 is 23.8. The van der Waals surface area contributed by atoms with E-state index in [9.17, 15) is 18.0 Å². The van der Waals surface area contributed by atoms with E-state index in [0.29, 0.717) is 25.2 Å². The van der Waals surface area contributed by atoms with Gasteiger partial charge in [-0.2, -0.15) is 5.10 Å². The van der Waals surface area contributed by atoms with E-state index in [1.165, 1.54) is 12.3 Å². The van der Waals surface area contributed by atoms with Crippen molar-refractivity contribution in [2.45, 2.75) is 50.7 Å². The van der Waals surface area contributed by atoms with E-state index in [4.69, 9.17) is 0 Å². The number of carbonyl (C=O) groups excluding carboxylic acids is 2. The number of nitrogens with one attached hydrogen (secondary N) is 2. The largest absolute Gasteiger partial charge is 0.345 e. The van der Waals surface area contributed by atoms with Crippen molar-refractivity contribution in [1.82, 2.24) is 25.4 Å². The fourth-order valence-electron chi connectivity index (χ4n) is 3.92. The Hall–Kier alpha value is -3.53. The molecule has 2 aromatic heterocycles. The minimum atomic E-state index is -3.32. The Labute approximate surface area is 198 Å². The lowest BCUT2D eigenvalue weighted by Gasteiger charge is -2.19. The van der Waals surface area contributed by atoms with E-state index >= 15 is 0 Å². The molecule has 1 unspecified atom stereocenters. The second-order valence-electron chi connectivity index (χ2n) is 8.37. The molecular weight excluding hydrogens is 454 g/mol. The molecule has 0 radical (unpaired) electrons. The predicted octanol–water partition coefficient (Wildman–Crippen LogP) is 2.56. The summed E-state index contributed by atoms with van der Waals surface area (Å²) in [7, 11) is -3.32. The van der Waals surface area contributed by atoms with Crippen LogP contribution in [0.25, 0.3) is 0 Å². The number of aromatic amines is 1. The van der Waals surface area contributed by atoms with Crippen LogP contribution >= 0.6 is 0 Å². The Bertz CT molecular complexity index is 1290. The number of nitrogens with zero attached hydrogens (tertiary/aromatic N) is 3. The van der Waals surface area contributed by atoms with Crippen LogP contribution in [-0.4, -0.2) is 46.1 Å². The average molecular weight is 482 g/mol. The van der Waals surface area contributed by atoms with Crippen molar-refractivity contribution >= 4 is 21.7 Å². The van der Waals surface area contributed by atoms with Crippen molar-refractivity contribution in [2.75, 3.05) is 5.75 Å². The molecule has 1 aromatic carbocycles. The normalized spacial score (nSPS) is 14.0. The summed E-state index contributed by atoms with van der Waals surface area (Å²) in [5, 5.41) is 9.78. The Morgan fingerprint density at radius 2 is 1.91 bits per heavy atom. The number of pyridine rings is 1. The highest BCUT2D eigenvalue weighted by molar-refractivity contribution is 7.91. The second-order valence-corrected chi connectivity index (χ2v) is 10.6. The Kier molecular flexibility index (Phi) is 6.78. The molecule has 1 aliphatic heterocycles. The first-order valence-electron chi connectivity index (χ1n) is 11.1. The fraction of sp³-hybridized carbons (Fsp3) is 0.333. The van der Waals surface area contributed by atoms with Crippen molar-refractivity contribution in [3.8, 4) is 0 Å². The number of benzene rings is 1. The van der Waals surface area contributed by atoms with Gasteiger partial charge in [-0.1, -0.05) is 44.2 Å². The molecule has 0 fully saturated rings. The number of hydrogen-bond donors (Lipinski definition) is 2. The molecule has 3 aromatic rings. The van der Waals surface area contributed by atoms with Gasteiger partial charge in [0.25, 0.3) is 5.91 Å². The number of fused-ring (bicyclic) bond motifs is 1. The molecular formula is C24H27N5O4S. The van der Waals surface area contributed by atoms with Crippen molar-refractivity contribution in [2.24, 2.45) is 0 Å². The summed E-state index contributed by atoms with van der Waals surface area (Å²) in [4.78, 5) is 31.6. The van der Waals surface area contributed by atoms with Gasteiger partial charge in [0.15, 0.2) is 15.5 Å². The SMILES string of the molecule is CCS(=O)(=O)c1ccc(CNC(=O)c2n[nH]c3c2CN(C(=O)CC(C)c2ccccc2)C3)nc1. The highest BCUT2D eigenvalue weighted by Crippen LogP contribution is 2.27. The maximum absolute atomic E-state index is 12.8. The monoisotopic (exact) mass is 481 g/mol. The van der Waals surface area contributed by atoms with E-state index in [-0.39, 0.29) is 40.6 Å². The summed E-state index contributed by atoms with van der Waals surface area (Å²) in [6.07, 6.45) is 1.69. The lowest BCUT2D eigenvalue weighted by atomic mass is 9.97. The molecule has 4 rings (SSSR count). The van der Waals surface area contributed by atoms with Crippen molar-refractivity contribution in [1.29, 1.82) is 0 Å². The van der Waals surface area contributed by atoms with Gasteiger partial charge in [0.2, 0.25) is 5.91 Å². The number of rotatable bonds is 8. The first-order chi connectivity index (χ1) is 16.3. The molecule has 0 saturated heterocycles. The molecule has 0 aliphatic carbocycles. The number of amides is 2. The molecule has 10 heteroatoms. The van der Waals surface area contributed by atoms with Gasteiger partial charge < -0.3 is 10.2 Å². The minimum absolute atomic E-state index is 0.000278. The van der Waals surface area contributed by atoms with Crippen molar-refractivity contribution < 1.29 is 18.0 Å². The standard InChI is InChI=1S/C24H27N5O4S/c1-3-34(32,33)19-10-9-18(25-13-19)12-26-24(31)23-20-14-29(15-21(20)27-28-23)22(30)11-16(2)17-7-5-4-6-8-17/h4-10,13,16H,3,11-12,14-15H2,1-2H3,(H,26,31)(H,27,28). The molecule has 34 heavy (non-hydrogen) atoms. The molecule has 0 bridgehead atoms. The predicted molar refractivity (Wildman–Crippen MR) is 125 cm³/mol. The van der Waals surface area contributed by atoms with Crippen LogP contribution in [0, 0.1) is 0 Å². The number of sulfone groups is 1. The third kappa shape index (κ3) is 5.01. The quantitative estimate of drug-likeness (QED) is 0.509. The third-order valence-corrected chi connectivity index (χ3v) is 7.75. The van der Waals surface area contributed by atoms with Gasteiger partial charge >= 0.3 is 0 Å². The lowest BCUT2D eigenvalue weighted by molar-refractivity contribution is -0.132. The minimum Gasteiger partial charge on any atom is -0.345 e. The molecule has 2 amide bonds. The van der Waals surface area contributed by atoms with Crippen molar-refractivity contribution in [3.05, 3.63) is 76.9 Å². The Balaban J connectivity index is 1.35. The maximum atomic E-state index is 12.8. The van der Waals surface area contributed by atoms with Crippen LogP contribution in [0.5, 0.6) is 0 Å². The smallest absolute Gasteiger partial charge is 0.272 e. The molecule has 3 heterocycles. The van der Waals surface area contributed by atoms with E-state index in [1.807, 2.05) is 37.3 Å². The maximum Gasteiger partial charge on any atom is 0.272 e. The lowest BCUT2D eigenvalue weighted by Crippen LogP contribution is -2.28. The molecule has 0 saturated carbocycles. The molecule has 2 N–H and O–H groups in total. The first kappa shape index (κ1) is 23.6. The highest BCUT2D eigenvalue weighted by atomic mass is 32.2.